The van der Waals surface area contributed by atoms with Crippen molar-refractivity contribution in [2.45, 2.75) is 37.8 Å². The molecule has 2 aromatic rings. The highest BCUT2D eigenvalue weighted by Gasteiger charge is 2.24. The van der Waals surface area contributed by atoms with Crippen LogP contribution in [-0.4, -0.2) is 28.3 Å². The summed E-state index contributed by atoms with van der Waals surface area (Å²) in [6.07, 6.45) is 3.46. The lowest BCUT2D eigenvalue weighted by atomic mass is 9.93. The molecule has 1 aliphatic carbocycles. The minimum atomic E-state index is -0.239. The van der Waals surface area contributed by atoms with Crippen LogP contribution in [0.15, 0.2) is 34.8 Å². The van der Waals surface area contributed by atoms with Crippen molar-refractivity contribution in [1.82, 2.24) is 15.5 Å². The Bertz CT molecular complexity index is 830. The molecule has 134 valence electrons. The second-order valence-electron chi connectivity index (χ2n) is 6.03. The fourth-order valence-electron chi connectivity index (χ4n) is 2.87. The van der Waals surface area contributed by atoms with E-state index < -0.39 is 0 Å². The predicted molar refractivity (Wildman–Crippen MR) is 102 cm³/mol. The number of ether oxygens (including phenoxy) is 1. The van der Waals surface area contributed by atoms with Crippen molar-refractivity contribution in [2.24, 2.45) is 0 Å². The summed E-state index contributed by atoms with van der Waals surface area (Å²) in [6.45, 7) is 7.06. The standard InChI is InChI=1S/C18H16BrClN4O2/c1-21-15-7-6-13(10-14(15)19)26-12-4-2-11(3-5-12)22-18(25)16-8-9-17(20)24-23-16/h6-12H,2-5H2,(H,22,25). The van der Waals surface area contributed by atoms with E-state index in [1.54, 1.807) is 18.2 Å². The molecule has 8 heteroatoms. The van der Waals surface area contributed by atoms with Gasteiger partial charge in [0.2, 0.25) is 5.69 Å². The summed E-state index contributed by atoms with van der Waals surface area (Å²) in [6, 6.07) is 8.57. The Balaban J connectivity index is 1.49. The molecule has 0 saturated heterocycles. The lowest BCUT2D eigenvalue weighted by Gasteiger charge is -2.29. The topological polar surface area (TPSA) is 68.5 Å². The summed E-state index contributed by atoms with van der Waals surface area (Å²) in [5.74, 6) is 0.505. The maximum Gasteiger partial charge on any atom is 0.272 e. The summed E-state index contributed by atoms with van der Waals surface area (Å²) in [5, 5.41) is 10.7. The normalized spacial score (nSPS) is 19.4. The van der Waals surface area contributed by atoms with E-state index >= 15 is 0 Å². The summed E-state index contributed by atoms with van der Waals surface area (Å²) in [7, 11) is 0. The zero-order valence-electron chi connectivity index (χ0n) is 13.8. The van der Waals surface area contributed by atoms with Crippen LogP contribution in [0, 0.1) is 6.57 Å². The summed E-state index contributed by atoms with van der Waals surface area (Å²) in [4.78, 5) is 15.6. The Hall–Kier alpha value is -2.17. The highest BCUT2D eigenvalue weighted by Crippen LogP contribution is 2.31. The van der Waals surface area contributed by atoms with Gasteiger partial charge in [0.1, 0.15) is 5.75 Å². The van der Waals surface area contributed by atoms with Crippen molar-refractivity contribution in [3.05, 3.63) is 57.1 Å². The Labute approximate surface area is 164 Å². The molecule has 26 heavy (non-hydrogen) atoms. The van der Waals surface area contributed by atoms with Crippen LogP contribution in [0.5, 0.6) is 5.75 Å². The Morgan fingerprint density at radius 2 is 2.00 bits per heavy atom. The molecular formula is C18H16BrClN4O2. The minimum absolute atomic E-state index is 0.0936. The first-order chi connectivity index (χ1) is 12.5. The molecule has 0 unspecified atom stereocenters. The summed E-state index contributed by atoms with van der Waals surface area (Å²) < 4.78 is 6.74. The highest BCUT2D eigenvalue weighted by molar-refractivity contribution is 9.10. The van der Waals surface area contributed by atoms with E-state index in [1.165, 1.54) is 0 Å². The van der Waals surface area contributed by atoms with Crippen LogP contribution in [0.2, 0.25) is 5.15 Å². The SMILES string of the molecule is [C-]#[N+]c1ccc(OC2CCC(NC(=O)c3ccc(Cl)nn3)CC2)cc1Br. The quantitative estimate of drug-likeness (QED) is 0.715. The molecule has 1 amide bonds. The molecule has 1 saturated carbocycles. The van der Waals surface area contributed by atoms with Gasteiger partial charge < -0.3 is 10.1 Å². The van der Waals surface area contributed by atoms with Gasteiger partial charge in [0.05, 0.1) is 12.7 Å². The monoisotopic (exact) mass is 434 g/mol. The van der Waals surface area contributed by atoms with Crippen LogP contribution >= 0.6 is 27.5 Å². The van der Waals surface area contributed by atoms with Gasteiger partial charge >= 0.3 is 0 Å². The predicted octanol–water partition coefficient (Wildman–Crippen LogP) is 4.56. The van der Waals surface area contributed by atoms with Gasteiger partial charge in [-0.25, -0.2) is 4.85 Å². The molecule has 1 aliphatic rings. The minimum Gasteiger partial charge on any atom is -0.491 e. The zero-order chi connectivity index (χ0) is 18.5. The average molecular weight is 436 g/mol. The first-order valence-corrected chi connectivity index (χ1v) is 9.36. The van der Waals surface area contributed by atoms with Gasteiger partial charge in [0.25, 0.3) is 5.91 Å². The third-order valence-corrected chi connectivity index (χ3v) is 5.05. The first-order valence-electron chi connectivity index (χ1n) is 8.19. The molecule has 3 rings (SSSR count). The zero-order valence-corrected chi connectivity index (χ0v) is 16.1. The number of hydrogen-bond acceptors (Lipinski definition) is 4. The number of halogens is 2. The number of hydrogen-bond donors (Lipinski definition) is 1. The van der Waals surface area contributed by atoms with E-state index in [-0.39, 0.29) is 28.9 Å². The highest BCUT2D eigenvalue weighted by atomic mass is 79.9. The van der Waals surface area contributed by atoms with Crippen molar-refractivity contribution in [3.63, 3.8) is 0 Å². The number of carbonyl (C=O) groups excluding carboxylic acids is 1. The number of carbonyl (C=O) groups is 1. The van der Waals surface area contributed by atoms with E-state index in [2.05, 4.69) is 36.3 Å². The van der Waals surface area contributed by atoms with Gasteiger partial charge in [0.15, 0.2) is 10.8 Å². The number of aromatic nitrogens is 2. The lowest BCUT2D eigenvalue weighted by Crippen LogP contribution is -2.40. The lowest BCUT2D eigenvalue weighted by molar-refractivity contribution is 0.0888. The summed E-state index contributed by atoms with van der Waals surface area (Å²) in [5.41, 5.74) is 0.826. The van der Waals surface area contributed by atoms with Crippen molar-refractivity contribution in [3.8, 4) is 5.75 Å². The van der Waals surface area contributed by atoms with Crippen LogP contribution < -0.4 is 10.1 Å². The number of nitrogens with zero attached hydrogens (tertiary/aromatic N) is 3. The summed E-state index contributed by atoms with van der Waals surface area (Å²) >= 11 is 9.06. The molecule has 0 spiro atoms. The molecule has 0 bridgehead atoms. The van der Waals surface area contributed by atoms with E-state index in [9.17, 15) is 4.79 Å². The van der Waals surface area contributed by atoms with E-state index in [0.29, 0.717) is 5.69 Å². The molecule has 6 nitrogen and oxygen atoms in total. The van der Waals surface area contributed by atoms with E-state index in [4.69, 9.17) is 22.9 Å². The number of nitrogens with one attached hydrogen (secondary N) is 1. The maximum absolute atomic E-state index is 12.2. The fourth-order valence-corrected chi connectivity index (χ4v) is 3.41. The van der Waals surface area contributed by atoms with E-state index in [1.807, 2.05) is 12.1 Å². The Morgan fingerprint density at radius 1 is 1.23 bits per heavy atom. The van der Waals surface area contributed by atoms with Crippen molar-refractivity contribution in [2.75, 3.05) is 0 Å². The number of rotatable bonds is 4. The van der Waals surface area contributed by atoms with Crippen molar-refractivity contribution in [1.29, 1.82) is 0 Å². The first kappa shape index (κ1) is 18.6. The molecule has 0 aliphatic heterocycles. The second kappa shape index (κ2) is 8.47. The molecule has 1 N–H and O–H groups in total. The van der Waals surface area contributed by atoms with Gasteiger partial charge in [0, 0.05) is 10.5 Å². The molecular weight excluding hydrogens is 420 g/mol. The average Bonchev–Trinajstić information content (AvgIpc) is 2.64. The molecule has 0 atom stereocenters. The third-order valence-electron chi connectivity index (χ3n) is 4.22. The Kier molecular flexibility index (Phi) is 6.07. The van der Waals surface area contributed by atoms with Crippen LogP contribution in [-0.2, 0) is 0 Å². The van der Waals surface area contributed by atoms with Crippen LogP contribution in [0.25, 0.3) is 4.85 Å². The number of benzene rings is 1. The molecule has 1 aromatic carbocycles. The Morgan fingerprint density at radius 3 is 2.62 bits per heavy atom. The maximum atomic E-state index is 12.2. The molecule has 0 radical (unpaired) electrons. The molecule has 1 aromatic heterocycles. The fraction of sp³-hybridized carbons (Fsp3) is 0.333. The second-order valence-corrected chi connectivity index (χ2v) is 7.27. The number of amides is 1. The van der Waals surface area contributed by atoms with Crippen LogP contribution in [0.3, 0.4) is 0 Å². The largest absolute Gasteiger partial charge is 0.491 e. The van der Waals surface area contributed by atoms with E-state index in [0.717, 1.165) is 35.9 Å². The van der Waals surface area contributed by atoms with Crippen molar-refractivity contribution < 1.29 is 9.53 Å². The molecule has 1 fully saturated rings. The third kappa shape index (κ3) is 4.71. The van der Waals surface area contributed by atoms with Crippen molar-refractivity contribution >= 4 is 39.1 Å². The van der Waals surface area contributed by atoms with Gasteiger partial charge in [-0.05, 0) is 49.9 Å². The van der Waals surface area contributed by atoms with Gasteiger partial charge in [-0.2, -0.15) is 0 Å². The smallest absolute Gasteiger partial charge is 0.272 e. The van der Waals surface area contributed by atoms with Gasteiger partial charge in [-0.1, -0.05) is 33.6 Å². The van der Waals surface area contributed by atoms with Gasteiger partial charge in [-0.3, -0.25) is 4.79 Å². The molecule has 1 heterocycles. The van der Waals surface area contributed by atoms with Crippen LogP contribution in [0.1, 0.15) is 36.2 Å². The van der Waals surface area contributed by atoms with Gasteiger partial charge in [-0.15, -0.1) is 10.2 Å². The van der Waals surface area contributed by atoms with Crippen LogP contribution in [0.4, 0.5) is 5.69 Å².